The SMILES string of the molecule is O=CC(=O)C(=O)C(Cl)(Cl)Cl. The predicted octanol–water partition coefficient (Wildman–Crippen LogP) is 0.694. The fraction of sp³-hybridized carbons (Fsp3) is 0.250. The van der Waals surface area contributed by atoms with Crippen LogP contribution in [0.25, 0.3) is 0 Å². The van der Waals surface area contributed by atoms with Crippen molar-refractivity contribution in [3.05, 3.63) is 0 Å². The van der Waals surface area contributed by atoms with Crippen LogP contribution in [-0.4, -0.2) is 21.6 Å². The van der Waals surface area contributed by atoms with Gasteiger partial charge in [-0.15, -0.1) is 0 Å². The van der Waals surface area contributed by atoms with Gasteiger partial charge in [-0.3, -0.25) is 14.4 Å². The minimum atomic E-state index is -2.32. The molecular weight excluding hydrogens is 202 g/mol. The standard InChI is InChI=1S/C4HCl3O3/c5-4(6,7)3(10)2(9)1-8/h1H. The van der Waals surface area contributed by atoms with Crippen LogP contribution in [0.2, 0.25) is 0 Å². The molecule has 0 saturated heterocycles. The number of Topliss-reactive ketones (excluding diaryl/α,β-unsaturated/α-hetero) is 2. The van der Waals surface area contributed by atoms with Crippen LogP contribution < -0.4 is 0 Å². The monoisotopic (exact) mass is 202 g/mol. The van der Waals surface area contributed by atoms with Crippen LogP contribution >= 0.6 is 34.8 Å². The Labute approximate surface area is 71.2 Å². The number of rotatable bonds is 2. The number of halogens is 3. The molecule has 56 valence electrons. The van der Waals surface area contributed by atoms with E-state index in [0.29, 0.717) is 0 Å². The molecule has 0 rings (SSSR count). The van der Waals surface area contributed by atoms with Gasteiger partial charge in [0.25, 0.3) is 15.4 Å². The third kappa shape index (κ3) is 2.64. The van der Waals surface area contributed by atoms with Gasteiger partial charge in [-0.25, -0.2) is 0 Å². The lowest BCUT2D eigenvalue weighted by Crippen LogP contribution is -2.28. The van der Waals surface area contributed by atoms with Gasteiger partial charge >= 0.3 is 0 Å². The Morgan fingerprint density at radius 3 is 1.70 bits per heavy atom. The van der Waals surface area contributed by atoms with Crippen LogP contribution in [0.15, 0.2) is 0 Å². The molecular formula is C4HCl3O3. The maximum absolute atomic E-state index is 10.4. The lowest BCUT2D eigenvalue weighted by atomic mass is 10.3. The molecule has 0 fully saturated rings. The highest BCUT2D eigenvalue weighted by Gasteiger charge is 2.35. The van der Waals surface area contributed by atoms with E-state index in [1.165, 1.54) is 0 Å². The summed E-state index contributed by atoms with van der Waals surface area (Å²) < 4.78 is -2.32. The van der Waals surface area contributed by atoms with Crippen molar-refractivity contribution < 1.29 is 14.4 Å². The molecule has 0 aromatic heterocycles. The summed E-state index contributed by atoms with van der Waals surface area (Å²) in [6.45, 7) is 0. The lowest BCUT2D eigenvalue weighted by molar-refractivity contribution is -0.139. The molecule has 0 radical (unpaired) electrons. The minimum Gasteiger partial charge on any atom is -0.294 e. The molecule has 0 N–H and O–H groups in total. The van der Waals surface area contributed by atoms with E-state index in [1.54, 1.807) is 0 Å². The number of carbonyl (C=O) groups excluding carboxylic acids is 3. The zero-order valence-electron chi connectivity index (χ0n) is 4.44. The average Bonchev–Trinajstić information content (AvgIpc) is 1.83. The molecule has 0 heterocycles. The molecule has 0 aromatic carbocycles. The van der Waals surface area contributed by atoms with Gasteiger partial charge in [0.05, 0.1) is 0 Å². The molecule has 0 aliphatic heterocycles. The first-order valence-electron chi connectivity index (χ1n) is 2.00. The quantitative estimate of drug-likeness (QED) is 0.287. The van der Waals surface area contributed by atoms with Crippen molar-refractivity contribution in [1.82, 2.24) is 0 Å². The van der Waals surface area contributed by atoms with Gasteiger partial charge in [0.15, 0.2) is 6.29 Å². The first-order valence-corrected chi connectivity index (χ1v) is 3.13. The highest BCUT2D eigenvalue weighted by Crippen LogP contribution is 2.26. The van der Waals surface area contributed by atoms with Crippen LogP contribution in [-0.2, 0) is 14.4 Å². The van der Waals surface area contributed by atoms with Crippen LogP contribution in [0.3, 0.4) is 0 Å². The fourth-order valence-electron chi connectivity index (χ4n) is 0.193. The molecule has 10 heavy (non-hydrogen) atoms. The second-order valence-electron chi connectivity index (χ2n) is 1.31. The number of alkyl halides is 3. The molecule has 0 aliphatic rings. The zero-order chi connectivity index (χ0) is 8.36. The smallest absolute Gasteiger partial charge is 0.265 e. The second kappa shape index (κ2) is 3.32. The van der Waals surface area contributed by atoms with Crippen LogP contribution in [0, 0.1) is 0 Å². The highest BCUT2D eigenvalue weighted by molar-refractivity contribution is 6.85. The van der Waals surface area contributed by atoms with Crippen molar-refractivity contribution in [1.29, 1.82) is 0 Å². The molecule has 0 aromatic rings. The maximum atomic E-state index is 10.4. The Balaban J connectivity index is 4.38. The first-order chi connectivity index (χ1) is 4.39. The number of aldehydes is 1. The van der Waals surface area contributed by atoms with E-state index in [0.717, 1.165) is 0 Å². The first kappa shape index (κ1) is 9.88. The molecule has 3 nitrogen and oxygen atoms in total. The Morgan fingerprint density at radius 2 is 1.60 bits per heavy atom. The summed E-state index contributed by atoms with van der Waals surface area (Å²) in [6, 6.07) is 0. The minimum absolute atomic E-state index is 0.204. The summed E-state index contributed by atoms with van der Waals surface area (Å²) in [5.74, 6) is -2.69. The van der Waals surface area contributed by atoms with Gasteiger partial charge in [0, 0.05) is 0 Å². The number of hydrogen-bond donors (Lipinski definition) is 0. The number of hydrogen-bond acceptors (Lipinski definition) is 3. The topological polar surface area (TPSA) is 51.2 Å². The van der Waals surface area contributed by atoms with Gasteiger partial charge in [-0.1, -0.05) is 34.8 Å². The molecule has 0 spiro atoms. The van der Waals surface area contributed by atoms with Crippen molar-refractivity contribution in [2.24, 2.45) is 0 Å². The van der Waals surface area contributed by atoms with Crippen molar-refractivity contribution >= 4 is 52.7 Å². The summed E-state index contributed by atoms with van der Waals surface area (Å²) in [5, 5.41) is 0. The normalized spacial score (nSPS) is 10.7. The van der Waals surface area contributed by atoms with E-state index >= 15 is 0 Å². The zero-order valence-corrected chi connectivity index (χ0v) is 6.70. The van der Waals surface area contributed by atoms with Crippen molar-refractivity contribution in [2.45, 2.75) is 3.79 Å². The third-order valence-corrected chi connectivity index (χ3v) is 1.10. The Bertz CT molecular complexity index is 181. The summed E-state index contributed by atoms with van der Waals surface area (Å²) in [6.07, 6.45) is -0.204. The van der Waals surface area contributed by atoms with Crippen LogP contribution in [0.1, 0.15) is 0 Å². The number of carbonyl (C=O) groups is 3. The van der Waals surface area contributed by atoms with E-state index in [2.05, 4.69) is 0 Å². The molecule has 0 amide bonds. The largest absolute Gasteiger partial charge is 0.294 e. The van der Waals surface area contributed by atoms with Gasteiger partial charge in [-0.2, -0.15) is 0 Å². The van der Waals surface area contributed by atoms with Crippen LogP contribution in [0.4, 0.5) is 0 Å². The van der Waals surface area contributed by atoms with E-state index < -0.39 is 15.4 Å². The Kier molecular flexibility index (Phi) is 3.28. The maximum Gasteiger partial charge on any atom is 0.265 e. The molecule has 0 atom stereocenters. The third-order valence-electron chi connectivity index (χ3n) is 0.588. The summed E-state index contributed by atoms with van der Waals surface area (Å²) >= 11 is 14.9. The lowest BCUT2D eigenvalue weighted by Gasteiger charge is -2.03. The molecule has 0 unspecified atom stereocenters. The van der Waals surface area contributed by atoms with E-state index in [9.17, 15) is 14.4 Å². The van der Waals surface area contributed by atoms with E-state index in [1.807, 2.05) is 0 Å². The van der Waals surface area contributed by atoms with Gasteiger partial charge in [0.2, 0.25) is 0 Å². The van der Waals surface area contributed by atoms with Crippen molar-refractivity contribution in [3.8, 4) is 0 Å². The Hall–Kier alpha value is -0.120. The van der Waals surface area contributed by atoms with E-state index in [-0.39, 0.29) is 6.29 Å². The molecule has 0 saturated carbocycles. The van der Waals surface area contributed by atoms with Crippen LogP contribution in [0.5, 0.6) is 0 Å². The van der Waals surface area contributed by atoms with E-state index in [4.69, 9.17) is 34.8 Å². The molecule has 0 bridgehead atoms. The summed E-state index contributed by atoms with van der Waals surface area (Å²) in [7, 11) is 0. The van der Waals surface area contributed by atoms with Gasteiger partial charge in [-0.05, 0) is 0 Å². The van der Waals surface area contributed by atoms with Gasteiger partial charge < -0.3 is 0 Å². The second-order valence-corrected chi connectivity index (χ2v) is 3.59. The number of ketones is 2. The van der Waals surface area contributed by atoms with Gasteiger partial charge in [0.1, 0.15) is 0 Å². The summed E-state index contributed by atoms with van der Waals surface area (Å²) in [5.41, 5.74) is 0. The average molecular weight is 203 g/mol. The highest BCUT2D eigenvalue weighted by atomic mass is 35.6. The fourth-order valence-corrected chi connectivity index (χ4v) is 0.473. The Morgan fingerprint density at radius 1 is 1.20 bits per heavy atom. The molecule has 0 aliphatic carbocycles. The van der Waals surface area contributed by atoms with Crippen molar-refractivity contribution in [3.63, 3.8) is 0 Å². The van der Waals surface area contributed by atoms with Crippen molar-refractivity contribution in [2.75, 3.05) is 0 Å². The molecule has 6 heteroatoms. The summed E-state index contributed by atoms with van der Waals surface area (Å²) in [4.78, 5) is 30.3. The predicted molar refractivity (Wildman–Crippen MR) is 36.4 cm³/mol.